The summed E-state index contributed by atoms with van der Waals surface area (Å²) < 4.78 is 16.4. The molecule has 1 unspecified atom stereocenters. The molecule has 1 atom stereocenters. The van der Waals surface area contributed by atoms with Crippen molar-refractivity contribution in [3.05, 3.63) is 94.2 Å². The van der Waals surface area contributed by atoms with E-state index in [0.717, 1.165) is 5.56 Å². The predicted octanol–water partition coefficient (Wildman–Crippen LogP) is 7.01. The van der Waals surface area contributed by atoms with Gasteiger partial charge in [-0.1, -0.05) is 35.3 Å². The van der Waals surface area contributed by atoms with Crippen LogP contribution < -0.4 is 14.8 Å². The molecule has 1 aliphatic rings. The molecule has 4 aromatic rings. The summed E-state index contributed by atoms with van der Waals surface area (Å²) in [6.45, 7) is 0.295. The molecule has 0 saturated carbocycles. The molecule has 0 bridgehead atoms. The number of carboxylic acid groups (broad SMARTS) is 1. The molecule has 1 aliphatic heterocycles. The van der Waals surface area contributed by atoms with Gasteiger partial charge in [0.15, 0.2) is 5.82 Å². The van der Waals surface area contributed by atoms with Crippen LogP contribution in [0, 0.1) is 0 Å². The van der Waals surface area contributed by atoms with Crippen LogP contribution in [0.4, 0.5) is 10.6 Å². The van der Waals surface area contributed by atoms with Gasteiger partial charge in [-0.25, -0.2) is 9.78 Å². The van der Waals surface area contributed by atoms with Crippen LogP contribution >= 0.6 is 23.2 Å². The summed E-state index contributed by atoms with van der Waals surface area (Å²) in [5, 5.41) is 12.5. The Labute approximate surface area is 226 Å². The van der Waals surface area contributed by atoms with Crippen molar-refractivity contribution in [3.8, 4) is 28.5 Å². The Bertz CT molecular complexity index is 1500. The zero-order valence-electron chi connectivity index (χ0n) is 19.6. The molecule has 0 spiro atoms. The molecule has 192 valence electrons. The number of carbonyl (C=O) groups excluding carboxylic acids is 1. The van der Waals surface area contributed by atoms with Gasteiger partial charge in [-0.05, 0) is 42.5 Å². The summed E-state index contributed by atoms with van der Waals surface area (Å²) in [4.78, 5) is 32.2. The third kappa shape index (κ3) is 5.80. The van der Waals surface area contributed by atoms with E-state index in [2.05, 4.69) is 15.3 Å². The maximum Gasteiger partial charge on any atom is 0.506 e. The molecule has 11 heteroatoms. The number of nitrogens with one attached hydrogen (secondary N) is 1. The standard InChI is InChI=1S/C27H19Cl2N3O6/c28-17-3-1-2-16(10-17)21-13-31-25(14-30-21)32-26(33)15-4-6-18(7-5-15)37-24-12-23-19(11-20(24)29)22(8-9-36-23)38-27(34)35/h1-7,10-14,22H,8-9H2,(H,34,35)(H,31,32,33). The minimum Gasteiger partial charge on any atom is -0.493 e. The monoisotopic (exact) mass is 551 g/mol. The summed E-state index contributed by atoms with van der Waals surface area (Å²) in [6, 6.07) is 16.8. The van der Waals surface area contributed by atoms with E-state index in [1.54, 1.807) is 54.7 Å². The maximum absolute atomic E-state index is 12.7. The Hall–Kier alpha value is -4.34. The van der Waals surface area contributed by atoms with Gasteiger partial charge >= 0.3 is 6.16 Å². The summed E-state index contributed by atoms with van der Waals surface area (Å²) >= 11 is 12.4. The predicted molar refractivity (Wildman–Crippen MR) is 140 cm³/mol. The largest absolute Gasteiger partial charge is 0.506 e. The van der Waals surface area contributed by atoms with Gasteiger partial charge in [0.05, 0.1) is 29.7 Å². The Morgan fingerprint density at radius 2 is 1.84 bits per heavy atom. The topological polar surface area (TPSA) is 120 Å². The van der Waals surface area contributed by atoms with Crippen LogP contribution in [0.3, 0.4) is 0 Å². The van der Waals surface area contributed by atoms with E-state index < -0.39 is 12.3 Å². The highest BCUT2D eigenvalue weighted by molar-refractivity contribution is 6.32. The zero-order chi connectivity index (χ0) is 26.6. The normalized spacial score (nSPS) is 14.1. The second-order valence-corrected chi connectivity index (χ2v) is 9.05. The lowest BCUT2D eigenvalue weighted by atomic mass is 10.0. The molecular weight excluding hydrogens is 533 g/mol. The number of hydrogen-bond acceptors (Lipinski definition) is 7. The third-order valence-electron chi connectivity index (χ3n) is 5.65. The van der Waals surface area contributed by atoms with Gasteiger partial charge in [0.2, 0.25) is 0 Å². The second-order valence-electron chi connectivity index (χ2n) is 8.21. The van der Waals surface area contributed by atoms with Crippen molar-refractivity contribution >= 4 is 41.1 Å². The van der Waals surface area contributed by atoms with Gasteiger partial charge in [0.1, 0.15) is 23.4 Å². The van der Waals surface area contributed by atoms with E-state index in [1.807, 2.05) is 12.1 Å². The first-order valence-corrected chi connectivity index (χ1v) is 12.1. The van der Waals surface area contributed by atoms with Crippen molar-refractivity contribution in [2.75, 3.05) is 11.9 Å². The summed E-state index contributed by atoms with van der Waals surface area (Å²) in [6.07, 6.45) is 1.37. The van der Waals surface area contributed by atoms with E-state index in [1.165, 1.54) is 6.20 Å². The number of fused-ring (bicyclic) bond motifs is 1. The molecule has 0 fully saturated rings. The van der Waals surface area contributed by atoms with Crippen molar-refractivity contribution in [2.24, 2.45) is 0 Å². The van der Waals surface area contributed by atoms with Crippen molar-refractivity contribution in [3.63, 3.8) is 0 Å². The number of nitrogens with zero attached hydrogens (tertiary/aromatic N) is 2. The van der Waals surface area contributed by atoms with Crippen LogP contribution in [0.25, 0.3) is 11.3 Å². The summed E-state index contributed by atoms with van der Waals surface area (Å²) in [5.41, 5.74) is 2.36. The van der Waals surface area contributed by atoms with E-state index in [-0.39, 0.29) is 10.9 Å². The van der Waals surface area contributed by atoms with Crippen LogP contribution in [0.1, 0.15) is 28.4 Å². The maximum atomic E-state index is 12.7. The third-order valence-corrected chi connectivity index (χ3v) is 6.18. The molecule has 5 rings (SSSR count). The molecule has 0 saturated heterocycles. The fourth-order valence-corrected chi connectivity index (χ4v) is 4.26. The lowest BCUT2D eigenvalue weighted by Gasteiger charge is -2.25. The molecular formula is C27H19Cl2N3O6. The van der Waals surface area contributed by atoms with Crippen molar-refractivity contribution in [1.29, 1.82) is 0 Å². The Morgan fingerprint density at radius 3 is 2.55 bits per heavy atom. The van der Waals surface area contributed by atoms with Crippen LogP contribution in [0.5, 0.6) is 17.2 Å². The van der Waals surface area contributed by atoms with Crippen LogP contribution in [-0.2, 0) is 4.74 Å². The SMILES string of the molecule is O=C(O)OC1CCOc2cc(Oc3ccc(C(=O)Nc4cnc(-c5cccc(Cl)c5)cn4)cc3)c(Cl)cc21. The molecule has 2 heterocycles. The highest BCUT2D eigenvalue weighted by atomic mass is 35.5. The average Bonchev–Trinajstić information content (AvgIpc) is 2.90. The highest BCUT2D eigenvalue weighted by Crippen LogP contribution is 2.42. The number of hydrogen-bond donors (Lipinski definition) is 2. The number of benzene rings is 3. The van der Waals surface area contributed by atoms with E-state index >= 15 is 0 Å². The fraction of sp³-hybridized carbons (Fsp3) is 0.111. The minimum absolute atomic E-state index is 0.259. The molecule has 3 aromatic carbocycles. The molecule has 1 aromatic heterocycles. The Balaban J connectivity index is 1.24. The van der Waals surface area contributed by atoms with Crippen molar-refractivity contribution in [1.82, 2.24) is 9.97 Å². The summed E-state index contributed by atoms with van der Waals surface area (Å²) in [5.74, 6) is 1.11. The average molecular weight is 552 g/mol. The number of amides is 1. The van der Waals surface area contributed by atoms with Crippen molar-refractivity contribution in [2.45, 2.75) is 12.5 Å². The van der Waals surface area contributed by atoms with E-state index in [4.69, 9.17) is 42.5 Å². The highest BCUT2D eigenvalue weighted by Gasteiger charge is 2.27. The van der Waals surface area contributed by atoms with E-state index in [9.17, 15) is 9.59 Å². The minimum atomic E-state index is -1.37. The Morgan fingerprint density at radius 1 is 1.03 bits per heavy atom. The quantitative estimate of drug-likeness (QED) is 0.245. The molecule has 1 amide bonds. The van der Waals surface area contributed by atoms with Gasteiger partial charge in [0.25, 0.3) is 5.91 Å². The first-order valence-electron chi connectivity index (χ1n) is 11.4. The van der Waals surface area contributed by atoms with E-state index in [0.29, 0.717) is 57.9 Å². The number of aromatic nitrogens is 2. The lowest BCUT2D eigenvalue weighted by Crippen LogP contribution is -2.18. The first kappa shape index (κ1) is 25.3. The van der Waals surface area contributed by atoms with Gasteiger partial charge in [-0.3, -0.25) is 9.78 Å². The molecule has 2 N–H and O–H groups in total. The van der Waals surface area contributed by atoms with Gasteiger partial charge in [-0.15, -0.1) is 0 Å². The van der Waals surface area contributed by atoms with Crippen LogP contribution in [0.2, 0.25) is 10.0 Å². The first-order chi connectivity index (χ1) is 18.4. The van der Waals surface area contributed by atoms with Gasteiger partial charge in [0, 0.05) is 34.2 Å². The number of halogens is 2. The number of anilines is 1. The molecule has 0 aliphatic carbocycles. The van der Waals surface area contributed by atoms with Crippen LogP contribution in [-0.4, -0.2) is 33.7 Å². The fourth-order valence-electron chi connectivity index (χ4n) is 3.86. The second kappa shape index (κ2) is 11.0. The summed E-state index contributed by atoms with van der Waals surface area (Å²) in [7, 11) is 0. The van der Waals surface area contributed by atoms with Crippen molar-refractivity contribution < 1.29 is 28.9 Å². The Kier molecular flexibility index (Phi) is 7.30. The number of rotatable bonds is 6. The molecule has 0 radical (unpaired) electrons. The lowest BCUT2D eigenvalue weighted by molar-refractivity contribution is 0.0326. The molecule has 9 nitrogen and oxygen atoms in total. The number of carbonyl (C=O) groups is 2. The van der Waals surface area contributed by atoms with Gasteiger partial charge < -0.3 is 24.6 Å². The zero-order valence-corrected chi connectivity index (χ0v) is 21.1. The number of ether oxygens (including phenoxy) is 3. The van der Waals surface area contributed by atoms with Gasteiger partial charge in [-0.2, -0.15) is 0 Å². The van der Waals surface area contributed by atoms with Crippen LogP contribution in [0.15, 0.2) is 73.1 Å². The molecule has 38 heavy (non-hydrogen) atoms. The smallest absolute Gasteiger partial charge is 0.493 e.